The van der Waals surface area contributed by atoms with E-state index >= 15 is 0 Å². The fourth-order valence-electron chi connectivity index (χ4n) is 3.97. The Hall–Kier alpha value is -3.02. The molecule has 0 unspecified atom stereocenters. The Morgan fingerprint density at radius 2 is 1.17 bits per heavy atom. The van der Waals surface area contributed by atoms with Crippen LogP contribution in [0.25, 0.3) is 0 Å². The van der Waals surface area contributed by atoms with Gasteiger partial charge in [-0.1, -0.05) is 45.0 Å². The molecule has 0 aromatic heterocycles. The van der Waals surface area contributed by atoms with E-state index in [0.717, 1.165) is 44.0 Å². The van der Waals surface area contributed by atoms with Gasteiger partial charge in [0.15, 0.2) is 0 Å². The molecule has 0 aliphatic carbocycles. The Bertz CT molecular complexity index is 844. The van der Waals surface area contributed by atoms with Crippen molar-refractivity contribution in [1.82, 2.24) is 9.80 Å². The highest BCUT2D eigenvalue weighted by Crippen LogP contribution is 2.38. The van der Waals surface area contributed by atoms with Crippen molar-refractivity contribution in [2.75, 3.05) is 36.8 Å². The topological polar surface area (TPSA) is 64.2 Å². The van der Waals surface area contributed by atoms with Gasteiger partial charge in [-0.15, -0.1) is 0 Å². The van der Waals surface area contributed by atoms with Gasteiger partial charge in [-0.2, -0.15) is 0 Å². The first-order valence-electron chi connectivity index (χ1n) is 10.7. The fourth-order valence-corrected chi connectivity index (χ4v) is 3.97. The second kappa shape index (κ2) is 8.01. The summed E-state index contributed by atoms with van der Waals surface area (Å²) < 4.78 is 0. The molecule has 0 spiro atoms. The highest BCUT2D eigenvalue weighted by Gasteiger charge is 2.30. The lowest BCUT2D eigenvalue weighted by Crippen LogP contribution is -2.26. The summed E-state index contributed by atoms with van der Waals surface area (Å²) >= 11 is 0. The average molecular weight is 407 g/mol. The van der Waals surface area contributed by atoms with Crippen LogP contribution in [0.5, 0.6) is 0 Å². The number of carbonyl (C=O) groups is 2. The summed E-state index contributed by atoms with van der Waals surface area (Å²) in [5.41, 5.74) is 3.88. The Morgan fingerprint density at radius 3 is 1.47 bits per heavy atom. The number of urea groups is 2. The van der Waals surface area contributed by atoms with Gasteiger partial charge in [0.05, 0.1) is 0 Å². The van der Waals surface area contributed by atoms with Crippen LogP contribution in [-0.4, -0.2) is 48.0 Å². The van der Waals surface area contributed by atoms with Crippen molar-refractivity contribution < 1.29 is 9.59 Å². The minimum Gasteiger partial charge on any atom is -0.321 e. The van der Waals surface area contributed by atoms with Crippen LogP contribution >= 0.6 is 0 Å². The molecule has 2 fully saturated rings. The Labute approximate surface area is 178 Å². The largest absolute Gasteiger partial charge is 0.321 e. The van der Waals surface area contributed by atoms with Crippen LogP contribution < -0.4 is 10.6 Å². The Balaban J connectivity index is 1.53. The third-order valence-electron chi connectivity index (χ3n) is 5.83. The lowest BCUT2D eigenvalue weighted by atomic mass is 9.71. The molecule has 0 atom stereocenters. The minimum atomic E-state index is -0.167. The average Bonchev–Trinajstić information content (AvgIpc) is 3.61. The second-order valence-corrected chi connectivity index (χ2v) is 8.92. The number of hydrogen-bond donors (Lipinski definition) is 2. The zero-order valence-corrected chi connectivity index (χ0v) is 17.9. The van der Waals surface area contributed by atoms with Gasteiger partial charge in [0.25, 0.3) is 0 Å². The molecule has 2 heterocycles. The van der Waals surface area contributed by atoms with Crippen LogP contribution in [0, 0.1) is 5.92 Å². The van der Waals surface area contributed by atoms with Crippen LogP contribution in [0.2, 0.25) is 0 Å². The summed E-state index contributed by atoms with van der Waals surface area (Å²) in [6, 6.07) is 16.3. The first-order chi connectivity index (χ1) is 14.3. The zero-order valence-electron chi connectivity index (χ0n) is 17.9. The van der Waals surface area contributed by atoms with Crippen molar-refractivity contribution in [3.63, 3.8) is 0 Å². The molecule has 2 aliphatic rings. The molecule has 2 saturated heterocycles. The number of rotatable bonds is 6. The number of hydrogen-bond acceptors (Lipinski definition) is 2. The molecule has 2 aliphatic heterocycles. The standard InChI is InChI=1S/C24H30N4O2/c1-17(2)16-24(3,18-4-8-20(9-5-18)25-22(29)27-12-13-27)19-6-10-21(11-7-19)26-23(30)28-14-15-28/h4-11,17H,12-16H2,1-3H3,(H,25,29)(H,26,30). The summed E-state index contributed by atoms with van der Waals surface area (Å²) in [6.45, 7) is 10.1. The molecule has 6 heteroatoms. The number of carbonyl (C=O) groups excluding carboxylic acids is 2. The van der Waals surface area contributed by atoms with Gasteiger partial charge in [0.1, 0.15) is 0 Å². The van der Waals surface area contributed by atoms with E-state index in [9.17, 15) is 9.59 Å². The van der Waals surface area contributed by atoms with Gasteiger partial charge in [-0.05, 0) is 47.7 Å². The second-order valence-electron chi connectivity index (χ2n) is 8.92. The van der Waals surface area contributed by atoms with E-state index in [1.165, 1.54) is 11.1 Å². The summed E-state index contributed by atoms with van der Waals surface area (Å²) in [7, 11) is 0. The lowest BCUT2D eigenvalue weighted by Gasteiger charge is -2.33. The fraction of sp³-hybridized carbons (Fsp3) is 0.417. The highest BCUT2D eigenvalue weighted by molar-refractivity contribution is 5.91. The molecule has 0 bridgehead atoms. The predicted molar refractivity (Wildman–Crippen MR) is 120 cm³/mol. The summed E-state index contributed by atoms with van der Waals surface area (Å²) in [4.78, 5) is 27.4. The first kappa shape index (κ1) is 20.3. The monoisotopic (exact) mass is 406 g/mol. The third-order valence-corrected chi connectivity index (χ3v) is 5.83. The van der Waals surface area contributed by atoms with Crippen molar-refractivity contribution in [2.45, 2.75) is 32.6 Å². The number of nitrogens with one attached hydrogen (secondary N) is 2. The summed E-state index contributed by atoms with van der Waals surface area (Å²) in [6.07, 6.45) is 0.992. The summed E-state index contributed by atoms with van der Waals surface area (Å²) in [5.74, 6) is 0.513. The highest BCUT2D eigenvalue weighted by atomic mass is 16.2. The van der Waals surface area contributed by atoms with Gasteiger partial charge >= 0.3 is 12.1 Å². The molecular formula is C24H30N4O2. The van der Waals surface area contributed by atoms with Gasteiger partial charge in [0.2, 0.25) is 0 Å². The van der Waals surface area contributed by atoms with Crippen LogP contribution in [-0.2, 0) is 5.41 Å². The van der Waals surface area contributed by atoms with E-state index in [-0.39, 0.29) is 17.5 Å². The van der Waals surface area contributed by atoms with Crippen molar-refractivity contribution in [1.29, 1.82) is 0 Å². The predicted octanol–water partition coefficient (Wildman–Crippen LogP) is 4.73. The van der Waals surface area contributed by atoms with Gasteiger partial charge in [-0.25, -0.2) is 9.59 Å². The Morgan fingerprint density at radius 1 is 0.800 bits per heavy atom. The number of amides is 4. The van der Waals surface area contributed by atoms with Gasteiger partial charge < -0.3 is 20.4 Å². The van der Waals surface area contributed by atoms with Crippen LogP contribution in [0.15, 0.2) is 48.5 Å². The molecular weight excluding hydrogens is 376 g/mol. The van der Waals surface area contributed by atoms with Crippen molar-refractivity contribution in [3.8, 4) is 0 Å². The molecule has 0 saturated carbocycles. The van der Waals surface area contributed by atoms with Crippen molar-refractivity contribution >= 4 is 23.4 Å². The van der Waals surface area contributed by atoms with E-state index < -0.39 is 0 Å². The van der Waals surface area contributed by atoms with Crippen LogP contribution in [0.1, 0.15) is 38.3 Å². The maximum Gasteiger partial charge on any atom is 0.321 e. The molecule has 6 nitrogen and oxygen atoms in total. The number of benzene rings is 2. The molecule has 158 valence electrons. The molecule has 2 N–H and O–H groups in total. The van der Waals surface area contributed by atoms with E-state index in [1.54, 1.807) is 9.80 Å². The normalized spacial score (nSPS) is 15.2. The van der Waals surface area contributed by atoms with E-state index in [1.807, 2.05) is 24.3 Å². The third kappa shape index (κ3) is 4.58. The first-order valence-corrected chi connectivity index (χ1v) is 10.7. The van der Waals surface area contributed by atoms with E-state index in [2.05, 4.69) is 55.7 Å². The summed E-state index contributed by atoms with van der Waals surface area (Å²) in [5, 5.41) is 5.89. The van der Waals surface area contributed by atoms with Gasteiger partial charge in [0, 0.05) is 43.0 Å². The maximum absolute atomic E-state index is 12.0. The molecule has 30 heavy (non-hydrogen) atoms. The molecule has 4 rings (SSSR count). The smallest absolute Gasteiger partial charge is 0.321 e. The molecule has 2 aromatic carbocycles. The van der Waals surface area contributed by atoms with Crippen molar-refractivity contribution in [3.05, 3.63) is 59.7 Å². The molecule has 4 amide bonds. The molecule has 2 aromatic rings. The van der Waals surface area contributed by atoms with E-state index in [4.69, 9.17) is 0 Å². The van der Waals surface area contributed by atoms with Crippen LogP contribution in [0.3, 0.4) is 0 Å². The Kier molecular flexibility index (Phi) is 5.41. The minimum absolute atomic E-state index is 0.0344. The number of nitrogens with zero attached hydrogens (tertiary/aromatic N) is 2. The molecule has 0 radical (unpaired) electrons. The zero-order chi connectivity index (χ0) is 21.3. The maximum atomic E-state index is 12.0. The van der Waals surface area contributed by atoms with Gasteiger partial charge in [-0.3, -0.25) is 0 Å². The quantitative estimate of drug-likeness (QED) is 0.681. The van der Waals surface area contributed by atoms with Crippen LogP contribution in [0.4, 0.5) is 21.0 Å². The van der Waals surface area contributed by atoms with E-state index in [0.29, 0.717) is 5.92 Å². The lowest BCUT2D eigenvalue weighted by molar-refractivity contribution is 0.241. The SMILES string of the molecule is CC(C)CC(C)(c1ccc(NC(=O)N2CC2)cc1)c1ccc(NC(=O)N2CC2)cc1. The van der Waals surface area contributed by atoms with Crippen molar-refractivity contribution in [2.24, 2.45) is 5.92 Å². The number of anilines is 2.